The van der Waals surface area contributed by atoms with Crippen LogP contribution in [-0.4, -0.2) is 41.4 Å². The summed E-state index contributed by atoms with van der Waals surface area (Å²) in [5.41, 5.74) is 5.43. The Labute approximate surface area is 156 Å². The number of benzene rings is 1. The van der Waals surface area contributed by atoms with E-state index in [1.54, 1.807) is 37.2 Å². The van der Waals surface area contributed by atoms with E-state index in [9.17, 15) is 4.79 Å². The summed E-state index contributed by atoms with van der Waals surface area (Å²) in [4.78, 5) is 20.3. The third-order valence-corrected chi connectivity index (χ3v) is 3.94. The van der Waals surface area contributed by atoms with E-state index in [0.29, 0.717) is 6.61 Å². The Morgan fingerprint density at radius 2 is 1.78 bits per heavy atom. The van der Waals surface area contributed by atoms with Crippen LogP contribution in [0, 0.1) is 0 Å². The fourth-order valence-electron chi connectivity index (χ4n) is 2.56. The van der Waals surface area contributed by atoms with Crippen LogP contribution in [0.15, 0.2) is 61.1 Å². The highest BCUT2D eigenvalue weighted by Gasteiger charge is 2.15. The third-order valence-electron chi connectivity index (χ3n) is 3.94. The molecule has 2 aromatic heterocycles. The summed E-state index contributed by atoms with van der Waals surface area (Å²) in [5.74, 6) is -0.557. The Hall–Kier alpha value is -3.29. The maximum absolute atomic E-state index is 12.0. The first-order chi connectivity index (χ1) is 13.2. The van der Waals surface area contributed by atoms with Crippen LogP contribution in [-0.2, 0) is 4.74 Å². The number of hydrogen-bond acceptors (Lipinski definition) is 6. The number of carbonyl (C=O) groups is 1. The molecule has 3 rings (SSSR count). The molecule has 3 aromatic rings. The molecule has 0 aliphatic carbocycles. The zero-order chi connectivity index (χ0) is 19.1. The summed E-state index contributed by atoms with van der Waals surface area (Å²) in [7, 11) is 1.55. The number of rotatable bonds is 7. The van der Waals surface area contributed by atoms with Gasteiger partial charge in [0.2, 0.25) is 5.88 Å². The standard InChI is InChI=1S/C20H19N3O4/c1-26-9-10-27-20-18(19(24)23-25)11-17(13-22-20)15-6-4-14(5-7-15)16-3-2-8-21-12-16/h2-8,11-13,25H,9-10H2,1H3,(H,23,24). The maximum atomic E-state index is 12.0. The van der Waals surface area contributed by atoms with Crippen LogP contribution in [0.25, 0.3) is 22.3 Å². The summed E-state index contributed by atoms with van der Waals surface area (Å²) in [5, 5.41) is 8.99. The lowest BCUT2D eigenvalue weighted by Crippen LogP contribution is -2.20. The number of aromatic nitrogens is 2. The molecule has 138 valence electrons. The Kier molecular flexibility index (Phi) is 6.09. The Morgan fingerprint density at radius 3 is 2.41 bits per heavy atom. The number of methoxy groups -OCH3 is 1. The van der Waals surface area contributed by atoms with E-state index >= 15 is 0 Å². The minimum absolute atomic E-state index is 0.134. The molecule has 2 N–H and O–H groups in total. The number of pyridine rings is 2. The van der Waals surface area contributed by atoms with Crippen LogP contribution >= 0.6 is 0 Å². The molecule has 7 nitrogen and oxygen atoms in total. The number of ether oxygens (including phenoxy) is 2. The lowest BCUT2D eigenvalue weighted by molar-refractivity contribution is 0.0698. The van der Waals surface area contributed by atoms with Crippen LogP contribution in [0.5, 0.6) is 5.88 Å². The molecular weight excluding hydrogens is 346 g/mol. The second-order valence-corrected chi connectivity index (χ2v) is 5.68. The van der Waals surface area contributed by atoms with Gasteiger partial charge in [-0.25, -0.2) is 10.5 Å². The molecule has 1 amide bonds. The van der Waals surface area contributed by atoms with Gasteiger partial charge in [0, 0.05) is 31.3 Å². The van der Waals surface area contributed by atoms with Crippen molar-refractivity contribution in [3.05, 3.63) is 66.6 Å². The Balaban J connectivity index is 1.88. The molecule has 27 heavy (non-hydrogen) atoms. The summed E-state index contributed by atoms with van der Waals surface area (Å²) in [6, 6.07) is 13.3. The smallest absolute Gasteiger partial charge is 0.280 e. The van der Waals surface area contributed by atoms with E-state index in [4.69, 9.17) is 14.7 Å². The zero-order valence-electron chi connectivity index (χ0n) is 14.8. The van der Waals surface area contributed by atoms with Crippen molar-refractivity contribution in [2.75, 3.05) is 20.3 Å². The molecule has 0 radical (unpaired) electrons. The lowest BCUT2D eigenvalue weighted by Gasteiger charge is -2.11. The van der Waals surface area contributed by atoms with Gasteiger partial charge in [-0.1, -0.05) is 30.3 Å². The van der Waals surface area contributed by atoms with Gasteiger partial charge in [0.15, 0.2) is 0 Å². The van der Waals surface area contributed by atoms with Crippen molar-refractivity contribution in [3.63, 3.8) is 0 Å². The molecule has 0 bridgehead atoms. The molecule has 0 fully saturated rings. The number of nitrogens with zero attached hydrogens (tertiary/aromatic N) is 2. The second kappa shape index (κ2) is 8.88. The van der Waals surface area contributed by atoms with E-state index in [-0.39, 0.29) is 18.1 Å². The van der Waals surface area contributed by atoms with Crippen molar-refractivity contribution >= 4 is 5.91 Å². The maximum Gasteiger partial charge on any atom is 0.280 e. The van der Waals surface area contributed by atoms with E-state index in [1.165, 1.54) is 0 Å². The fraction of sp³-hybridized carbons (Fsp3) is 0.150. The van der Waals surface area contributed by atoms with Crippen molar-refractivity contribution in [2.45, 2.75) is 0 Å². The van der Waals surface area contributed by atoms with E-state index in [1.807, 2.05) is 36.4 Å². The number of hydrogen-bond donors (Lipinski definition) is 2. The summed E-state index contributed by atoms with van der Waals surface area (Å²) < 4.78 is 10.4. The molecule has 7 heteroatoms. The summed E-state index contributed by atoms with van der Waals surface area (Å²) in [6.07, 6.45) is 5.15. The van der Waals surface area contributed by atoms with Crippen molar-refractivity contribution in [2.24, 2.45) is 0 Å². The van der Waals surface area contributed by atoms with Gasteiger partial charge in [0.25, 0.3) is 5.91 Å². The predicted molar refractivity (Wildman–Crippen MR) is 99.5 cm³/mol. The number of carbonyl (C=O) groups excluding carboxylic acids is 1. The van der Waals surface area contributed by atoms with Gasteiger partial charge < -0.3 is 9.47 Å². The summed E-state index contributed by atoms with van der Waals surface area (Å²) >= 11 is 0. The second-order valence-electron chi connectivity index (χ2n) is 5.68. The summed E-state index contributed by atoms with van der Waals surface area (Å²) in [6.45, 7) is 0.605. The first-order valence-corrected chi connectivity index (χ1v) is 8.30. The van der Waals surface area contributed by atoms with E-state index in [0.717, 1.165) is 22.3 Å². The average molecular weight is 365 g/mol. The Morgan fingerprint density at radius 1 is 1.04 bits per heavy atom. The van der Waals surface area contributed by atoms with Crippen LogP contribution in [0.4, 0.5) is 0 Å². The number of amides is 1. The first kappa shape index (κ1) is 18.5. The largest absolute Gasteiger partial charge is 0.475 e. The molecule has 1 aromatic carbocycles. The minimum atomic E-state index is -0.691. The molecule has 0 spiro atoms. The predicted octanol–water partition coefficient (Wildman–Crippen LogP) is 2.95. The lowest BCUT2D eigenvalue weighted by atomic mass is 10.0. The normalized spacial score (nSPS) is 10.4. The first-order valence-electron chi connectivity index (χ1n) is 8.30. The molecule has 0 saturated carbocycles. The van der Waals surface area contributed by atoms with E-state index < -0.39 is 5.91 Å². The third kappa shape index (κ3) is 4.46. The molecular formula is C20H19N3O4. The molecule has 0 saturated heterocycles. The Bertz CT molecular complexity index is 899. The topological polar surface area (TPSA) is 93.6 Å². The zero-order valence-corrected chi connectivity index (χ0v) is 14.8. The molecule has 2 heterocycles. The van der Waals surface area contributed by atoms with E-state index in [2.05, 4.69) is 9.97 Å². The van der Waals surface area contributed by atoms with Gasteiger partial charge >= 0.3 is 0 Å². The van der Waals surface area contributed by atoms with Gasteiger partial charge in [-0.05, 0) is 28.8 Å². The average Bonchev–Trinajstić information content (AvgIpc) is 2.74. The van der Waals surface area contributed by atoms with Gasteiger partial charge in [0.05, 0.1) is 6.61 Å². The van der Waals surface area contributed by atoms with Crippen LogP contribution in [0.1, 0.15) is 10.4 Å². The number of hydroxylamine groups is 1. The highest BCUT2D eigenvalue weighted by Crippen LogP contribution is 2.27. The van der Waals surface area contributed by atoms with Crippen molar-refractivity contribution in [1.29, 1.82) is 0 Å². The van der Waals surface area contributed by atoms with Crippen LogP contribution in [0.3, 0.4) is 0 Å². The van der Waals surface area contributed by atoms with Gasteiger partial charge in [0.1, 0.15) is 12.2 Å². The molecule has 0 atom stereocenters. The molecule has 0 aliphatic heterocycles. The van der Waals surface area contributed by atoms with Gasteiger partial charge in [-0.2, -0.15) is 0 Å². The fourth-order valence-corrected chi connectivity index (χ4v) is 2.56. The highest BCUT2D eigenvalue weighted by atomic mass is 16.5. The number of nitrogens with one attached hydrogen (secondary N) is 1. The van der Waals surface area contributed by atoms with Crippen LogP contribution < -0.4 is 10.2 Å². The van der Waals surface area contributed by atoms with Crippen molar-refractivity contribution < 1.29 is 19.5 Å². The monoisotopic (exact) mass is 365 g/mol. The molecule has 0 unspecified atom stereocenters. The van der Waals surface area contributed by atoms with Gasteiger partial charge in [-0.3, -0.25) is 15.0 Å². The SMILES string of the molecule is COCCOc1ncc(-c2ccc(-c3cccnc3)cc2)cc1C(=O)NO. The quantitative estimate of drug-likeness (QED) is 0.380. The molecule has 0 aliphatic rings. The van der Waals surface area contributed by atoms with Crippen molar-refractivity contribution in [1.82, 2.24) is 15.4 Å². The minimum Gasteiger partial charge on any atom is -0.475 e. The van der Waals surface area contributed by atoms with Gasteiger partial charge in [-0.15, -0.1) is 0 Å². The van der Waals surface area contributed by atoms with Crippen molar-refractivity contribution in [3.8, 4) is 28.1 Å². The highest BCUT2D eigenvalue weighted by molar-refractivity contribution is 5.96. The van der Waals surface area contributed by atoms with Crippen LogP contribution in [0.2, 0.25) is 0 Å².